The van der Waals surface area contributed by atoms with E-state index in [9.17, 15) is 4.79 Å². The minimum atomic E-state index is -0.497. The number of carbonyl (C=O) groups excluding carboxylic acids is 1. The summed E-state index contributed by atoms with van der Waals surface area (Å²) >= 11 is 0. The summed E-state index contributed by atoms with van der Waals surface area (Å²) in [6.45, 7) is 6.59. The van der Waals surface area contributed by atoms with Crippen LogP contribution in [0.3, 0.4) is 0 Å². The molecule has 0 atom stereocenters. The standard InChI is InChI=1S/C15H19N5O2/c1-15(2,3)22-14(21)19-7-6-10(8-19)11-4-5-12-13(16)17-9-18-20(11)12/h4-6,9H,7-8H2,1-3H3,(H2,16,17,18). The maximum atomic E-state index is 12.1. The van der Waals surface area contributed by atoms with Crippen molar-refractivity contribution in [1.29, 1.82) is 0 Å². The molecule has 22 heavy (non-hydrogen) atoms. The fourth-order valence-electron chi connectivity index (χ4n) is 2.40. The molecule has 0 aliphatic carbocycles. The second-order valence-electron chi connectivity index (χ2n) is 6.25. The molecule has 2 aromatic heterocycles. The van der Waals surface area contributed by atoms with Crippen LogP contribution in [-0.2, 0) is 4.74 Å². The van der Waals surface area contributed by atoms with E-state index in [1.165, 1.54) is 6.33 Å². The van der Waals surface area contributed by atoms with Gasteiger partial charge in [0.05, 0.1) is 12.2 Å². The summed E-state index contributed by atoms with van der Waals surface area (Å²) in [5, 5.41) is 4.23. The fourth-order valence-corrected chi connectivity index (χ4v) is 2.40. The molecule has 0 radical (unpaired) electrons. The number of ether oxygens (including phenoxy) is 1. The highest BCUT2D eigenvalue weighted by atomic mass is 16.6. The highest BCUT2D eigenvalue weighted by Gasteiger charge is 2.26. The summed E-state index contributed by atoms with van der Waals surface area (Å²) < 4.78 is 7.14. The van der Waals surface area contributed by atoms with Crippen LogP contribution in [0.1, 0.15) is 26.5 Å². The van der Waals surface area contributed by atoms with Gasteiger partial charge in [0.25, 0.3) is 0 Å². The van der Waals surface area contributed by atoms with Gasteiger partial charge < -0.3 is 15.4 Å². The van der Waals surface area contributed by atoms with Crippen LogP contribution in [0.15, 0.2) is 24.5 Å². The van der Waals surface area contributed by atoms with E-state index in [4.69, 9.17) is 10.5 Å². The lowest BCUT2D eigenvalue weighted by molar-refractivity contribution is 0.0306. The predicted molar refractivity (Wildman–Crippen MR) is 83.2 cm³/mol. The molecule has 2 N–H and O–H groups in total. The Kier molecular flexibility index (Phi) is 3.27. The summed E-state index contributed by atoms with van der Waals surface area (Å²) in [7, 11) is 0. The van der Waals surface area contributed by atoms with Crippen LogP contribution in [0.5, 0.6) is 0 Å². The lowest BCUT2D eigenvalue weighted by atomic mass is 10.2. The van der Waals surface area contributed by atoms with Crippen LogP contribution < -0.4 is 5.73 Å². The summed E-state index contributed by atoms with van der Waals surface area (Å²) in [4.78, 5) is 17.7. The van der Waals surface area contributed by atoms with Gasteiger partial charge >= 0.3 is 6.09 Å². The third kappa shape index (κ3) is 2.61. The molecule has 0 unspecified atom stereocenters. The zero-order valence-corrected chi connectivity index (χ0v) is 12.9. The number of nitrogens with two attached hydrogens (primary N) is 1. The molecule has 0 spiro atoms. The van der Waals surface area contributed by atoms with Gasteiger partial charge in [-0.15, -0.1) is 0 Å². The van der Waals surface area contributed by atoms with Crippen LogP contribution in [-0.4, -0.2) is 44.3 Å². The zero-order valence-electron chi connectivity index (χ0n) is 12.9. The van der Waals surface area contributed by atoms with Crippen molar-refractivity contribution in [2.75, 3.05) is 18.8 Å². The number of carbonyl (C=O) groups is 1. The van der Waals surface area contributed by atoms with Crippen molar-refractivity contribution < 1.29 is 9.53 Å². The van der Waals surface area contributed by atoms with E-state index >= 15 is 0 Å². The lowest BCUT2D eigenvalue weighted by Crippen LogP contribution is -2.35. The number of nitrogens with zero attached hydrogens (tertiary/aromatic N) is 4. The number of hydrogen-bond donors (Lipinski definition) is 1. The maximum Gasteiger partial charge on any atom is 0.410 e. The second kappa shape index (κ2) is 5.01. The lowest BCUT2D eigenvalue weighted by Gasteiger charge is -2.24. The molecule has 116 valence electrons. The Morgan fingerprint density at radius 1 is 1.36 bits per heavy atom. The minimum Gasteiger partial charge on any atom is -0.444 e. The van der Waals surface area contributed by atoms with Crippen molar-refractivity contribution in [3.63, 3.8) is 0 Å². The van der Waals surface area contributed by atoms with Crippen molar-refractivity contribution in [3.8, 4) is 0 Å². The van der Waals surface area contributed by atoms with E-state index in [-0.39, 0.29) is 6.09 Å². The molecule has 0 fully saturated rings. The minimum absolute atomic E-state index is 0.311. The number of anilines is 1. The number of rotatable bonds is 1. The number of fused-ring (bicyclic) bond motifs is 1. The van der Waals surface area contributed by atoms with Crippen LogP contribution >= 0.6 is 0 Å². The van der Waals surface area contributed by atoms with E-state index in [2.05, 4.69) is 10.1 Å². The summed E-state index contributed by atoms with van der Waals surface area (Å²) in [5.41, 5.74) is 8.03. The van der Waals surface area contributed by atoms with E-state index in [1.807, 2.05) is 39.0 Å². The Bertz CT molecular complexity index is 757. The van der Waals surface area contributed by atoms with Crippen molar-refractivity contribution in [2.24, 2.45) is 0 Å². The number of amides is 1. The van der Waals surface area contributed by atoms with Gasteiger partial charge in [-0.25, -0.2) is 14.3 Å². The van der Waals surface area contributed by atoms with Crippen LogP contribution in [0, 0.1) is 0 Å². The molecule has 1 amide bonds. The SMILES string of the molecule is CC(C)(C)OC(=O)N1CC=C(c2ccc3c(N)ncnn23)C1. The van der Waals surface area contributed by atoms with Crippen LogP contribution in [0.2, 0.25) is 0 Å². The Hall–Kier alpha value is -2.57. The Morgan fingerprint density at radius 2 is 2.14 bits per heavy atom. The molecule has 0 saturated heterocycles. The summed E-state index contributed by atoms with van der Waals surface area (Å²) in [6, 6.07) is 3.81. The molecule has 3 rings (SSSR count). The third-order valence-electron chi connectivity index (χ3n) is 3.38. The highest BCUT2D eigenvalue weighted by molar-refractivity contribution is 5.79. The molecule has 0 bridgehead atoms. The first-order valence-corrected chi connectivity index (χ1v) is 7.11. The Morgan fingerprint density at radius 3 is 2.86 bits per heavy atom. The van der Waals surface area contributed by atoms with E-state index in [0.717, 1.165) is 16.8 Å². The molecule has 0 aromatic carbocycles. The van der Waals surface area contributed by atoms with E-state index < -0.39 is 5.60 Å². The van der Waals surface area contributed by atoms with Crippen molar-refractivity contribution in [1.82, 2.24) is 19.5 Å². The Labute approximate surface area is 128 Å². The van der Waals surface area contributed by atoms with Gasteiger partial charge in [-0.2, -0.15) is 5.10 Å². The first-order valence-electron chi connectivity index (χ1n) is 7.11. The molecular weight excluding hydrogens is 282 g/mol. The highest BCUT2D eigenvalue weighted by Crippen LogP contribution is 2.25. The first kappa shape index (κ1) is 14.4. The van der Waals surface area contributed by atoms with Gasteiger partial charge in [0.1, 0.15) is 17.4 Å². The second-order valence-corrected chi connectivity index (χ2v) is 6.25. The molecule has 2 aromatic rings. The molecule has 1 aliphatic heterocycles. The van der Waals surface area contributed by atoms with Gasteiger partial charge in [0, 0.05) is 6.54 Å². The van der Waals surface area contributed by atoms with Crippen molar-refractivity contribution in [2.45, 2.75) is 26.4 Å². The number of nitrogen functional groups attached to an aromatic ring is 1. The monoisotopic (exact) mass is 301 g/mol. The van der Waals surface area contributed by atoms with Crippen LogP contribution in [0.25, 0.3) is 11.1 Å². The van der Waals surface area contributed by atoms with Gasteiger partial charge in [-0.05, 0) is 38.5 Å². The van der Waals surface area contributed by atoms with E-state index in [1.54, 1.807) is 9.42 Å². The molecule has 3 heterocycles. The van der Waals surface area contributed by atoms with Gasteiger partial charge in [-0.3, -0.25) is 0 Å². The topological polar surface area (TPSA) is 85.8 Å². The zero-order chi connectivity index (χ0) is 15.9. The molecule has 7 heteroatoms. The normalized spacial score (nSPS) is 15.2. The molecule has 0 saturated carbocycles. The van der Waals surface area contributed by atoms with E-state index in [0.29, 0.717) is 18.9 Å². The molecule has 7 nitrogen and oxygen atoms in total. The average molecular weight is 301 g/mol. The predicted octanol–water partition coefficient (Wildman–Crippen LogP) is 1.95. The van der Waals surface area contributed by atoms with Gasteiger partial charge in [0.2, 0.25) is 0 Å². The third-order valence-corrected chi connectivity index (χ3v) is 3.38. The average Bonchev–Trinajstić information content (AvgIpc) is 3.03. The van der Waals surface area contributed by atoms with Crippen LogP contribution in [0.4, 0.5) is 10.6 Å². The first-order chi connectivity index (χ1) is 10.3. The van der Waals surface area contributed by atoms with Crippen molar-refractivity contribution in [3.05, 3.63) is 30.2 Å². The maximum absolute atomic E-state index is 12.1. The number of hydrogen-bond acceptors (Lipinski definition) is 5. The largest absolute Gasteiger partial charge is 0.444 e. The number of aromatic nitrogens is 3. The molecular formula is C15H19N5O2. The molecule has 1 aliphatic rings. The smallest absolute Gasteiger partial charge is 0.410 e. The van der Waals surface area contributed by atoms with Gasteiger partial charge in [0.15, 0.2) is 5.82 Å². The Balaban J connectivity index is 1.80. The quantitative estimate of drug-likeness (QED) is 0.870. The summed E-state index contributed by atoms with van der Waals surface area (Å²) in [6.07, 6.45) is 3.12. The fraction of sp³-hybridized carbons (Fsp3) is 0.400. The van der Waals surface area contributed by atoms with Gasteiger partial charge in [-0.1, -0.05) is 6.08 Å². The summed E-state index contributed by atoms with van der Waals surface area (Å²) in [5.74, 6) is 0.434. The van der Waals surface area contributed by atoms with Crippen molar-refractivity contribution >= 4 is 23.0 Å².